The van der Waals surface area contributed by atoms with E-state index >= 15 is 0 Å². The highest BCUT2D eigenvalue weighted by Gasteiger charge is 2.11. The molecule has 0 radical (unpaired) electrons. The zero-order chi connectivity index (χ0) is 12.1. The maximum atomic E-state index is 10.8. The first-order chi connectivity index (χ1) is 7.81. The lowest BCUT2D eigenvalue weighted by atomic mass is 10.7. The van der Waals surface area contributed by atoms with Gasteiger partial charge in [-0.15, -0.1) is 0 Å². The molecule has 0 unspecified atom stereocenters. The molecule has 16 heavy (non-hydrogen) atoms. The van der Waals surface area contributed by atoms with Crippen LogP contribution in [0.5, 0.6) is 0 Å². The fourth-order valence-corrected chi connectivity index (χ4v) is 0.712. The molecule has 0 aromatic rings. The Morgan fingerprint density at radius 2 is 1.19 bits per heavy atom. The minimum Gasteiger partial charge on any atom is -0.394 e. The van der Waals surface area contributed by atoms with Gasteiger partial charge in [-0.3, -0.25) is 0 Å². The van der Waals surface area contributed by atoms with Gasteiger partial charge in [0, 0.05) is 0 Å². The summed E-state index contributed by atoms with van der Waals surface area (Å²) < 4.78 is 9.68. The molecular formula is C8H18NO7+. The Morgan fingerprint density at radius 1 is 0.750 bits per heavy atom. The zero-order valence-electron chi connectivity index (χ0n) is 9.04. The second kappa shape index (κ2) is 12.1. The highest BCUT2D eigenvalue weighted by Crippen LogP contribution is 1.84. The average molecular weight is 240 g/mol. The number of ether oxygens (including phenoxy) is 2. The van der Waals surface area contributed by atoms with Crippen molar-refractivity contribution in [3.63, 3.8) is 0 Å². The van der Waals surface area contributed by atoms with E-state index in [1.54, 1.807) is 0 Å². The Kier molecular flexibility index (Phi) is 11.4. The van der Waals surface area contributed by atoms with E-state index in [2.05, 4.69) is 9.68 Å². The molecule has 2 N–H and O–H groups in total. The largest absolute Gasteiger partial charge is 0.477 e. The van der Waals surface area contributed by atoms with Crippen LogP contribution >= 0.6 is 0 Å². The first-order valence-corrected chi connectivity index (χ1v) is 4.91. The first-order valence-electron chi connectivity index (χ1n) is 4.91. The molecule has 0 saturated heterocycles. The molecule has 0 bridgehead atoms. The molecule has 0 aliphatic rings. The molecule has 0 aromatic heterocycles. The van der Waals surface area contributed by atoms with E-state index in [1.807, 2.05) is 0 Å². The van der Waals surface area contributed by atoms with Gasteiger partial charge in [0.1, 0.15) is 4.91 Å². The van der Waals surface area contributed by atoms with Crippen molar-refractivity contribution in [3.05, 3.63) is 4.91 Å². The molecule has 0 rings (SSSR count). The summed E-state index contributed by atoms with van der Waals surface area (Å²) in [5, 5.41) is 16.7. The summed E-state index contributed by atoms with van der Waals surface area (Å²) in [5.74, 6) is 0. The summed E-state index contributed by atoms with van der Waals surface area (Å²) in [6, 6.07) is 0. The molecule has 0 amide bonds. The van der Waals surface area contributed by atoms with Crippen molar-refractivity contribution in [1.82, 2.24) is 0 Å². The fourth-order valence-electron chi connectivity index (χ4n) is 0.712. The number of aliphatic hydroxyl groups is 2. The summed E-state index contributed by atoms with van der Waals surface area (Å²) in [7, 11) is 0. The second-order valence-electron chi connectivity index (χ2n) is 2.56. The number of rotatable bonds is 12. The maximum Gasteiger partial charge on any atom is 0.477 e. The Labute approximate surface area is 93.1 Å². The van der Waals surface area contributed by atoms with Crippen LogP contribution in [0.4, 0.5) is 0 Å². The SMILES string of the molecule is O=[N+](OCCOCCO)OCCOCCO. The van der Waals surface area contributed by atoms with E-state index in [1.165, 1.54) is 0 Å². The van der Waals surface area contributed by atoms with Crippen LogP contribution in [0.25, 0.3) is 0 Å². The van der Waals surface area contributed by atoms with Crippen LogP contribution in [0.2, 0.25) is 0 Å². The maximum absolute atomic E-state index is 10.8. The number of aliphatic hydroxyl groups excluding tert-OH is 2. The highest BCUT2D eigenvalue weighted by atomic mass is 17.0. The monoisotopic (exact) mass is 240 g/mol. The van der Waals surface area contributed by atoms with Gasteiger partial charge in [-0.2, -0.15) is 9.68 Å². The molecule has 0 spiro atoms. The quantitative estimate of drug-likeness (QED) is 0.321. The molecule has 0 aliphatic carbocycles. The minimum atomic E-state index is -0.0697. The molecule has 0 saturated carbocycles. The Bertz CT molecular complexity index is 150. The van der Waals surface area contributed by atoms with Gasteiger partial charge in [0.05, 0.1) is 39.6 Å². The zero-order valence-corrected chi connectivity index (χ0v) is 9.04. The van der Waals surface area contributed by atoms with Crippen LogP contribution in [0.3, 0.4) is 0 Å². The fraction of sp³-hybridized carbons (Fsp3) is 1.00. The third-order valence-electron chi connectivity index (χ3n) is 1.32. The van der Waals surface area contributed by atoms with Gasteiger partial charge in [0.15, 0.2) is 13.2 Å². The summed E-state index contributed by atoms with van der Waals surface area (Å²) >= 11 is 0. The van der Waals surface area contributed by atoms with Crippen LogP contribution in [0.1, 0.15) is 0 Å². The second-order valence-corrected chi connectivity index (χ2v) is 2.56. The Morgan fingerprint density at radius 3 is 1.56 bits per heavy atom. The summed E-state index contributed by atoms with van der Waals surface area (Å²) in [4.78, 5) is 19.8. The van der Waals surface area contributed by atoms with Crippen LogP contribution in [0.15, 0.2) is 0 Å². The van der Waals surface area contributed by atoms with Crippen molar-refractivity contribution in [2.75, 3.05) is 52.9 Å². The minimum absolute atomic E-state index is 0.0232. The number of hydrogen-bond donors (Lipinski definition) is 2. The van der Waals surface area contributed by atoms with Gasteiger partial charge in [-0.05, 0) is 0 Å². The molecule has 8 heteroatoms. The lowest BCUT2D eigenvalue weighted by Gasteiger charge is -1.99. The van der Waals surface area contributed by atoms with Crippen molar-refractivity contribution in [3.8, 4) is 0 Å². The van der Waals surface area contributed by atoms with Crippen LogP contribution in [-0.4, -0.2) is 68.2 Å². The molecule has 8 nitrogen and oxygen atoms in total. The average Bonchev–Trinajstić information content (AvgIpc) is 2.28. The normalized spacial score (nSPS) is 10.1. The number of hydrogen-bond acceptors (Lipinski definition) is 7. The van der Waals surface area contributed by atoms with Crippen molar-refractivity contribution < 1.29 is 34.4 Å². The third kappa shape index (κ3) is 11.1. The van der Waals surface area contributed by atoms with Gasteiger partial charge in [0.25, 0.3) is 0 Å². The van der Waals surface area contributed by atoms with Gasteiger partial charge >= 0.3 is 5.09 Å². The predicted molar refractivity (Wildman–Crippen MR) is 51.3 cm³/mol. The van der Waals surface area contributed by atoms with Gasteiger partial charge < -0.3 is 19.7 Å². The lowest BCUT2D eigenvalue weighted by Crippen LogP contribution is -2.18. The summed E-state index contributed by atoms with van der Waals surface area (Å²) in [5.41, 5.74) is 0. The molecule has 0 atom stereocenters. The number of nitrogens with zero attached hydrogens (tertiary/aromatic N) is 1. The van der Waals surface area contributed by atoms with Crippen LogP contribution < -0.4 is 0 Å². The molecule has 0 aromatic carbocycles. The Hall–Kier alpha value is -0.960. The smallest absolute Gasteiger partial charge is 0.394 e. The van der Waals surface area contributed by atoms with Crippen LogP contribution in [-0.2, 0) is 19.1 Å². The molecule has 0 heterocycles. The van der Waals surface area contributed by atoms with E-state index in [9.17, 15) is 4.91 Å². The van der Waals surface area contributed by atoms with Crippen molar-refractivity contribution in [1.29, 1.82) is 0 Å². The Balaban J connectivity index is 3.12. The van der Waals surface area contributed by atoms with Crippen molar-refractivity contribution in [2.24, 2.45) is 0 Å². The highest BCUT2D eigenvalue weighted by molar-refractivity contribution is 4.26. The van der Waals surface area contributed by atoms with Crippen molar-refractivity contribution >= 4 is 0 Å². The predicted octanol–water partition coefficient (Wildman–Crippen LogP) is -1.35. The molecule has 96 valence electrons. The van der Waals surface area contributed by atoms with E-state index in [-0.39, 0.29) is 57.9 Å². The van der Waals surface area contributed by atoms with E-state index in [0.29, 0.717) is 0 Å². The molecular weight excluding hydrogens is 222 g/mol. The van der Waals surface area contributed by atoms with Crippen LogP contribution in [0, 0.1) is 4.91 Å². The molecule has 0 fully saturated rings. The third-order valence-corrected chi connectivity index (χ3v) is 1.32. The van der Waals surface area contributed by atoms with E-state index in [4.69, 9.17) is 19.7 Å². The lowest BCUT2D eigenvalue weighted by molar-refractivity contribution is -0.981. The molecule has 0 aliphatic heterocycles. The van der Waals surface area contributed by atoms with E-state index in [0.717, 1.165) is 0 Å². The first kappa shape index (κ1) is 15.0. The van der Waals surface area contributed by atoms with Gasteiger partial charge in [-0.1, -0.05) is 0 Å². The van der Waals surface area contributed by atoms with E-state index < -0.39 is 0 Å². The van der Waals surface area contributed by atoms with Gasteiger partial charge in [0.2, 0.25) is 0 Å². The summed E-state index contributed by atoms with van der Waals surface area (Å²) in [6.45, 7) is 0.755. The topological polar surface area (TPSA) is 97.5 Å². The van der Waals surface area contributed by atoms with Gasteiger partial charge in [-0.25, -0.2) is 0 Å². The van der Waals surface area contributed by atoms with Crippen molar-refractivity contribution in [2.45, 2.75) is 0 Å². The summed E-state index contributed by atoms with van der Waals surface area (Å²) in [6.07, 6.45) is 0. The standard InChI is InChI=1S/C8H18NO7/c10-1-3-13-5-7-15-9(12)16-8-6-14-4-2-11/h10-11H,1-8H2/q+1.